The van der Waals surface area contributed by atoms with Crippen molar-refractivity contribution >= 4 is 16.8 Å². The van der Waals surface area contributed by atoms with E-state index in [0.29, 0.717) is 25.3 Å². The molecule has 1 atom stereocenters. The highest BCUT2D eigenvalue weighted by molar-refractivity contribution is 5.83. The number of nitrogens with zero attached hydrogens (tertiary/aromatic N) is 2. The number of hydrogen-bond acceptors (Lipinski definition) is 3. The lowest BCUT2D eigenvalue weighted by atomic mass is 10.2. The number of aromatic nitrogens is 1. The van der Waals surface area contributed by atoms with Crippen molar-refractivity contribution in [3.63, 3.8) is 0 Å². The van der Waals surface area contributed by atoms with Gasteiger partial charge in [0.2, 0.25) is 5.91 Å². The summed E-state index contributed by atoms with van der Waals surface area (Å²) in [6.07, 6.45) is 1.77. The first-order chi connectivity index (χ1) is 10.2. The van der Waals surface area contributed by atoms with Gasteiger partial charge in [-0.25, -0.2) is 4.39 Å². The summed E-state index contributed by atoms with van der Waals surface area (Å²) in [5.74, 6) is -0.423. The zero-order valence-electron chi connectivity index (χ0n) is 11.5. The number of morpholine rings is 1. The third-order valence-corrected chi connectivity index (χ3v) is 3.80. The van der Waals surface area contributed by atoms with Crippen LogP contribution in [-0.2, 0) is 16.1 Å². The minimum atomic E-state index is -0.325. The molecule has 1 saturated heterocycles. The van der Waals surface area contributed by atoms with Gasteiger partial charge in [-0.3, -0.25) is 4.79 Å². The predicted molar refractivity (Wildman–Crippen MR) is 75.3 cm³/mol. The van der Waals surface area contributed by atoms with Gasteiger partial charge in [0.15, 0.2) is 0 Å². The first kappa shape index (κ1) is 14.0. The standard InChI is InChI=1S/C15H17FN2O3/c16-12-2-1-11-3-4-17(14(11)7-12)8-15(20)18-5-6-21-10-13(18)9-19/h1-4,7,13,19H,5-6,8-10H2/t13-/m1/s1. The van der Waals surface area contributed by atoms with Crippen LogP contribution in [0.1, 0.15) is 0 Å². The maximum atomic E-state index is 13.3. The molecule has 1 aromatic heterocycles. The molecule has 2 heterocycles. The van der Waals surface area contributed by atoms with Crippen LogP contribution in [0.2, 0.25) is 0 Å². The smallest absolute Gasteiger partial charge is 0.242 e. The summed E-state index contributed by atoms with van der Waals surface area (Å²) < 4.78 is 20.3. The van der Waals surface area contributed by atoms with Crippen LogP contribution < -0.4 is 0 Å². The van der Waals surface area contributed by atoms with E-state index >= 15 is 0 Å². The molecule has 0 aliphatic carbocycles. The fourth-order valence-electron chi connectivity index (χ4n) is 2.67. The largest absolute Gasteiger partial charge is 0.394 e. The molecule has 5 nitrogen and oxygen atoms in total. The molecule has 6 heteroatoms. The zero-order chi connectivity index (χ0) is 14.8. The van der Waals surface area contributed by atoms with E-state index in [-0.39, 0.29) is 30.9 Å². The molecule has 3 rings (SSSR count). The Bertz CT molecular complexity index is 655. The van der Waals surface area contributed by atoms with Crippen molar-refractivity contribution < 1.29 is 19.0 Å². The summed E-state index contributed by atoms with van der Waals surface area (Å²) in [7, 11) is 0. The maximum absolute atomic E-state index is 13.3. The number of aliphatic hydroxyl groups is 1. The monoisotopic (exact) mass is 292 g/mol. The Labute approximate surface area is 121 Å². The first-order valence-electron chi connectivity index (χ1n) is 6.91. The summed E-state index contributed by atoms with van der Waals surface area (Å²) in [6.45, 7) is 1.31. The van der Waals surface area contributed by atoms with Crippen LogP contribution in [0, 0.1) is 5.82 Å². The fourth-order valence-corrected chi connectivity index (χ4v) is 2.67. The van der Waals surface area contributed by atoms with E-state index in [1.807, 2.05) is 6.07 Å². The van der Waals surface area contributed by atoms with E-state index in [9.17, 15) is 14.3 Å². The van der Waals surface area contributed by atoms with Crippen LogP contribution >= 0.6 is 0 Å². The highest BCUT2D eigenvalue weighted by Gasteiger charge is 2.26. The van der Waals surface area contributed by atoms with E-state index in [1.54, 1.807) is 21.7 Å². The van der Waals surface area contributed by atoms with Crippen molar-refractivity contribution in [1.82, 2.24) is 9.47 Å². The quantitative estimate of drug-likeness (QED) is 0.918. The Morgan fingerprint density at radius 1 is 1.43 bits per heavy atom. The number of fused-ring (bicyclic) bond motifs is 1. The molecule has 21 heavy (non-hydrogen) atoms. The highest BCUT2D eigenvalue weighted by atomic mass is 19.1. The van der Waals surface area contributed by atoms with E-state index in [4.69, 9.17) is 4.74 Å². The highest BCUT2D eigenvalue weighted by Crippen LogP contribution is 2.18. The van der Waals surface area contributed by atoms with Crippen molar-refractivity contribution in [3.05, 3.63) is 36.3 Å². The molecule has 1 aromatic carbocycles. The molecule has 1 aliphatic heterocycles. The Morgan fingerprint density at radius 3 is 3.10 bits per heavy atom. The number of ether oxygens (including phenoxy) is 1. The van der Waals surface area contributed by atoms with Crippen LogP contribution in [0.4, 0.5) is 4.39 Å². The average molecular weight is 292 g/mol. The average Bonchev–Trinajstić information content (AvgIpc) is 2.89. The van der Waals surface area contributed by atoms with Gasteiger partial charge < -0.3 is 19.3 Å². The van der Waals surface area contributed by atoms with Crippen LogP contribution in [0.15, 0.2) is 30.5 Å². The maximum Gasteiger partial charge on any atom is 0.242 e. The predicted octanol–water partition coefficient (Wildman–Crippen LogP) is 1.00. The topological polar surface area (TPSA) is 54.7 Å². The molecule has 112 valence electrons. The number of carbonyl (C=O) groups is 1. The summed E-state index contributed by atoms with van der Waals surface area (Å²) in [6, 6.07) is 6.07. The Kier molecular flexibility index (Phi) is 3.90. The van der Waals surface area contributed by atoms with Gasteiger partial charge in [-0.1, -0.05) is 0 Å². The molecule has 1 N–H and O–H groups in total. The van der Waals surface area contributed by atoms with Gasteiger partial charge in [0.25, 0.3) is 0 Å². The van der Waals surface area contributed by atoms with Gasteiger partial charge in [-0.05, 0) is 29.7 Å². The molecular formula is C15H17FN2O3. The molecule has 0 spiro atoms. The third kappa shape index (κ3) is 2.77. The lowest BCUT2D eigenvalue weighted by Gasteiger charge is -2.34. The second kappa shape index (κ2) is 5.83. The molecule has 2 aromatic rings. The first-order valence-corrected chi connectivity index (χ1v) is 6.91. The van der Waals surface area contributed by atoms with Crippen molar-refractivity contribution in [3.8, 4) is 0 Å². The Balaban J connectivity index is 1.81. The molecule has 0 unspecified atom stereocenters. The summed E-state index contributed by atoms with van der Waals surface area (Å²) in [5, 5.41) is 10.2. The molecule has 1 amide bonds. The summed E-state index contributed by atoms with van der Waals surface area (Å²) in [4.78, 5) is 14.0. The molecule has 0 bridgehead atoms. The number of rotatable bonds is 3. The molecule has 1 aliphatic rings. The van der Waals surface area contributed by atoms with Gasteiger partial charge >= 0.3 is 0 Å². The van der Waals surface area contributed by atoms with Gasteiger partial charge in [0.05, 0.1) is 31.4 Å². The molecule has 1 fully saturated rings. The van der Waals surface area contributed by atoms with Crippen molar-refractivity contribution in [2.45, 2.75) is 12.6 Å². The minimum absolute atomic E-state index is 0.0980. The number of carbonyl (C=O) groups excluding carboxylic acids is 1. The second-order valence-electron chi connectivity index (χ2n) is 5.15. The SMILES string of the molecule is O=C(Cn1ccc2ccc(F)cc21)N1CCOC[C@H]1CO. The van der Waals surface area contributed by atoms with Crippen LogP contribution in [-0.4, -0.2) is 52.9 Å². The Hall–Kier alpha value is -1.92. The van der Waals surface area contributed by atoms with Gasteiger partial charge in [-0.15, -0.1) is 0 Å². The number of halogens is 1. The molecular weight excluding hydrogens is 275 g/mol. The summed E-state index contributed by atoms with van der Waals surface area (Å²) in [5.41, 5.74) is 0.692. The van der Waals surface area contributed by atoms with Crippen molar-refractivity contribution in [2.24, 2.45) is 0 Å². The van der Waals surface area contributed by atoms with Crippen molar-refractivity contribution in [2.75, 3.05) is 26.4 Å². The van der Waals surface area contributed by atoms with E-state index in [1.165, 1.54) is 12.1 Å². The number of amides is 1. The van der Waals surface area contributed by atoms with Crippen LogP contribution in [0.5, 0.6) is 0 Å². The fraction of sp³-hybridized carbons (Fsp3) is 0.400. The van der Waals surface area contributed by atoms with Crippen LogP contribution in [0.25, 0.3) is 10.9 Å². The zero-order valence-corrected chi connectivity index (χ0v) is 11.5. The lowest BCUT2D eigenvalue weighted by molar-refractivity contribution is -0.142. The lowest BCUT2D eigenvalue weighted by Crippen LogP contribution is -2.51. The number of hydrogen-bond donors (Lipinski definition) is 1. The molecule has 0 saturated carbocycles. The molecule has 0 radical (unpaired) electrons. The number of aliphatic hydroxyl groups excluding tert-OH is 1. The number of benzene rings is 1. The summed E-state index contributed by atoms with van der Waals surface area (Å²) >= 11 is 0. The van der Waals surface area contributed by atoms with Crippen molar-refractivity contribution in [1.29, 1.82) is 0 Å². The second-order valence-corrected chi connectivity index (χ2v) is 5.15. The van der Waals surface area contributed by atoms with Gasteiger partial charge in [0.1, 0.15) is 12.4 Å². The van der Waals surface area contributed by atoms with Crippen LogP contribution in [0.3, 0.4) is 0 Å². The Morgan fingerprint density at radius 2 is 2.29 bits per heavy atom. The van der Waals surface area contributed by atoms with Gasteiger partial charge in [0, 0.05) is 12.7 Å². The van der Waals surface area contributed by atoms with Gasteiger partial charge in [-0.2, -0.15) is 0 Å². The van der Waals surface area contributed by atoms with E-state index in [2.05, 4.69) is 0 Å². The van der Waals surface area contributed by atoms with E-state index < -0.39 is 0 Å². The van der Waals surface area contributed by atoms with E-state index in [0.717, 1.165) is 5.39 Å². The third-order valence-electron chi connectivity index (χ3n) is 3.80. The minimum Gasteiger partial charge on any atom is -0.394 e. The normalized spacial score (nSPS) is 19.1.